The first kappa shape index (κ1) is 16.2. The molecule has 3 atom stereocenters. The van der Waals surface area contributed by atoms with Gasteiger partial charge in [-0.25, -0.2) is 0 Å². The minimum Gasteiger partial charge on any atom is -0.511 e. The molecule has 2 aliphatic heterocycles. The van der Waals surface area contributed by atoms with Crippen LogP contribution >= 0.6 is 0 Å². The van der Waals surface area contributed by atoms with Crippen molar-refractivity contribution < 1.29 is 24.2 Å². The van der Waals surface area contributed by atoms with Gasteiger partial charge < -0.3 is 19.4 Å². The second kappa shape index (κ2) is 6.45. The van der Waals surface area contributed by atoms with Crippen LogP contribution in [-0.4, -0.2) is 48.1 Å². The Bertz CT molecular complexity index is 567. The van der Waals surface area contributed by atoms with Gasteiger partial charge in [0.25, 0.3) is 0 Å². The highest BCUT2D eigenvalue weighted by Gasteiger charge is 2.63. The standard InChI is InChI=1S/C17H23NO5/c1-3-6-22-18-12(4-2)16-13(19)8-11(9-14(16)20)17-5-7-21-10-15(17)23-17/h3,11,15,19H,1,4-10H2,2H3. The molecule has 0 aromatic heterocycles. The number of Topliss-reactive ketones (excluding diaryl/α,β-unsaturated/α-hetero) is 1. The number of hydrogen-bond acceptors (Lipinski definition) is 6. The van der Waals surface area contributed by atoms with Gasteiger partial charge in [-0.1, -0.05) is 24.7 Å². The summed E-state index contributed by atoms with van der Waals surface area (Å²) in [6, 6.07) is 0. The lowest BCUT2D eigenvalue weighted by atomic mass is 9.74. The lowest BCUT2D eigenvalue weighted by molar-refractivity contribution is -0.117. The van der Waals surface area contributed by atoms with Crippen LogP contribution in [0.25, 0.3) is 0 Å². The topological polar surface area (TPSA) is 80.7 Å². The Morgan fingerprint density at radius 2 is 2.39 bits per heavy atom. The summed E-state index contributed by atoms with van der Waals surface area (Å²) >= 11 is 0. The number of rotatable bonds is 6. The van der Waals surface area contributed by atoms with Crippen LogP contribution in [0, 0.1) is 5.92 Å². The van der Waals surface area contributed by atoms with Crippen molar-refractivity contribution in [1.29, 1.82) is 0 Å². The van der Waals surface area contributed by atoms with E-state index in [4.69, 9.17) is 14.3 Å². The molecular weight excluding hydrogens is 298 g/mol. The van der Waals surface area contributed by atoms with Gasteiger partial charge in [0.2, 0.25) is 0 Å². The van der Waals surface area contributed by atoms with E-state index in [2.05, 4.69) is 11.7 Å². The maximum absolute atomic E-state index is 12.6. The molecule has 1 aliphatic carbocycles. The van der Waals surface area contributed by atoms with Crippen molar-refractivity contribution in [2.75, 3.05) is 19.8 Å². The van der Waals surface area contributed by atoms with Crippen molar-refractivity contribution in [2.24, 2.45) is 11.1 Å². The molecule has 1 N–H and O–H groups in total. The summed E-state index contributed by atoms with van der Waals surface area (Å²) in [4.78, 5) is 17.7. The molecule has 6 heteroatoms. The van der Waals surface area contributed by atoms with Gasteiger partial charge in [0.05, 0.1) is 17.9 Å². The summed E-state index contributed by atoms with van der Waals surface area (Å²) < 4.78 is 11.2. The Hall–Kier alpha value is -1.66. The Kier molecular flexibility index (Phi) is 4.55. The second-order valence-corrected chi connectivity index (χ2v) is 6.21. The van der Waals surface area contributed by atoms with Gasteiger partial charge in [0.1, 0.15) is 24.1 Å². The first-order valence-electron chi connectivity index (χ1n) is 8.13. The SMILES string of the molecule is C=CCON=C(CC)C1=C(O)CC(C23CCOCC2O3)CC1=O. The molecule has 0 saturated carbocycles. The first-order chi connectivity index (χ1) is 11.1. The number of fused-ring (bicyclic) bond motifs is 1. The molecule has 3 rings (SSSR count). The second-order valence-electron chi connectivity index (χ2n) is 6.21. The van der Waals surface area contributed by atoms with Crippen LogP contribution < -0.4 is 0 Å². The number of aliphatic hydroxyl groups is 1. The Morgan fingerprint density at radius 1 is 1.57 bits per heavy atom. The van der Waals surface area contributed by atoms with Crippen molar-refractivity contribution in [2.45, 2.75) is 44.3 Å². The molecule has 2 saturated heterocycles. The maximum Gasteiger partial charge on any atom is 0.168 e. The van der Waals surface area contributed by atoms with E-state index in [1.807, 2.05) is 6.92 Å². The van der Waals surface area contributed by atoms with Crippen LogP contribution in [0.1, 0.15) is 32.6 Å². The molecule has 0 spiro atoms. The predicted molar refractivity (Wildman–Crippen MR) is 84.3 cm³/mol. The third-order valence-corrected chi connectivity index (χ3v) is 4.88. The van der Waals surface area contributed by atoms with Crippen LogP contribution in [0.5, 0.6) is 0 Å². The minimum atomic E-state index is -0.281. The first-order valence-corrected chi connectivity index (χ1v) is 8.13. The van der Waals surface area contributed by atoms with Crippen LogP contribution in [0.4, 0.5) is 0 Å². The number of hydrogen-bond donors (Lipinski definition) is 1. The summed E-state index contributed by atoms with van der Waals surface area (Å²) in [5, 5.41) is 14.4. The number of allylic oxidation sites excluding steroid dienone is 2. The van der Waals surface area contributed by atoms with Crippen molar-refractivity contribution in [1.82, 2.24) is 0 Å². The smallest absolute Gasteiger partial charge is 0.168 e. The number of ether oxygens (including phenoxy) is 2. The van der Waals surface area contributed by atoms with E-state index < -0.39 is 0 Å². The van der Waals surface area contributed by atoms with Gasteiger partial charge in [-0.3, -0.25) is 4.79 Å². The van der Waals surface area contributed by atoms with E-state index >= 15 is 0 Å². The van der Waals surface area contributed by atoms with Crippen LogP contribution in [0.15, 0.2) is 29.1 Å². The van der Waals surface area contributed by atoms with Gasteiger partial charge in [0, 0.05) is 31.8 Å². The predicted octanol–water partition coefficient (Wildman–Crippen LogP) is 2.30. The van der Waals surface area contributed by atoms with Gasteiger partial charge in [-0.05, 0) is 6.42 Å². The lowest BCUT2D eigenvalue weighted by Crippen LogP contribution is -2.38. The quantitative estimate of drug-likeness (QED) is 0.267. The van der Waals surface area contributed by atoms with Crippen LogP contribution in [0.3, 0.4) is 0 Å². The maximum atomic E-state index is 12.6. The summed E-state index contributed by atoms with van der Waals surface area (Å²) in [5.74, 6) is 0.0284. The molecule has 0 aromatic carbocycles. The van der Waals surface area contributed by atoms with Crippen molar-refractivity contribution in [3.63, 3.8) is 0 Å². The summed E-state index contributed by atoms with van der Waals surface area (Å²) in [6.45, 7) is 6.94. The highest BCUT2D eigenvalue weighted by Crippen LogP contribution is 2.52. The van der Waals surface area contributed by atoms with E-state index in [1.165, 1.54) is 0 Å². The van der Waals surface area contributed by atoms with Crippen LogP contribution in [0.2, 0.25) is 0 Å². The Morgan fingerprint density at radius 3 is 3.04 bits per heavy atom. The largest absolute Gasteiger partial charge is 0.511 e. The third kappa shape index (κ3) is 2.93. The third-order valence-electron chi connectivity index (χ3n) is 4.88. The molecule has 0 bridgehead atoms. The van der Waals surface area contributed by atoms with E-state index in [0.717, 1.165) is 6.42 Å². The van der Waals surface area contributed by atoms with Crippen LogP contribution in [-0.2, 0) is 19.1 Å². The number of nitrogens with zero attached hydrogens (tertiary/aromatic N) is 1. The molecule has 23 heavy (non-hydrogen) atoms. The lowest BCUT2D eigenvalue weighted by Gasteiger charge is -2.30. The number of ketones is 1. The van der Waals surface area contributed by atoms with Gasteiger partial charge in [-0.15, -0.1) is 0 Å². The summed E-state index contributed by atoms with van der Waals surface area (Å²) in [7, 11) is 0. The fraction of sp³-hybridized carbons (Fsp3) is 0.647. The molecular formula is C17H23NO5. The Labute approximate surface area is 135 Å². The molecule has 0 radical (unpaired) electrons. The molecule has 3 unspecified atom stereocenters. The number of carbonyl (C=O) groups excluding carboxylic acids is 1. The van der Waals surface area contributed by atoms with E-state index in [1.54, 1.807) is 6.08 Å². The van der Waals surface area contributed by atoms with Gasteiger partial charge in [0.15, 0.2) is 5.78 Å². The zero-order valence-electron chi connectivity index (χ0n) is 13.4. The Balaban J connectivity index is 1.77. The highest BCUT2D eigenvalue weighted by atomic mass is 16.6. The summed E-state index contributed by atoms with van der Waals surface area (Å²) in [6.07, 6.45) is 3.77. The minimum absolute atomic E-state index is 0.0137. The zero-order chi connectivity index (χ0) is 16.4. The van der Waals surface area contributed by atoms with E-state index in [-0.39, 0.29) is 35.8 Å². The van der Waals surface area contributed by atoms with Crippen molar-refractivity contribution in [3.8, 4) is 0 Å². The average molecular weight is 321 g/mol. The number of aliphatic hydroxyl groups excluding tert-OH is 1. The fourth-order valence-corrected chi connectivity index (χ4v) is 3.63. The number of epoxide rings is 1. The molecule has 2 fully saturated rings. The summed E-state index contributed by atoms with van der Waals surface area (Å²) in [5.41, 5.74) is 0.523. The molecule has 0 amide bonds. The van der Waals surface area contributed by atoms with Gasteiger partial charge in [-0.2, -0.15) is 0 Å². The van der Waals surface area contributed by atoms with Crippen molar-refractivity contribution >= 4 is 11.5 Å². The monoisotopic (exact) mass is 321 g/mol. The molecule has 3 aliphatic rings. The molecule has 6 nitrogen and oxygen atoms in total. The molecule has 2 heterocycles. The number of carbonyl (C=O) groups is 1. The fourth-order valence-electron chi connectivity index (χ4n) is 3.63. The highest BCUT2D eigenvalue weighted by molar-refractivity contribution is 6.23. The zero-order valence-corrected chi connectivity index (χ0v) is 13.4. The van der Waals surface area contributed by atoms with Crippen molar-refractivity contribution in [3.05, 3.63) is 24.0 Å². The van der Waals surface area contributed by atoms with E-state index in [9.17, 15) is 9.90 Å². The molecule has 0 aromatic rings. The van der Waals surface area contributed by atoms with E-state index in [0.29, 0.717) is 43.8 Å². The number of oxime groups is 1. The normalized spacial score (nSPS) is 34.1. The molecule has 126 valence electrons. The average Bonchev–Trinajstić information content (AvgIpc) is 3.28. The van der Waals surface area contributed by atoms with Gasteiger partial charge >= 0.3 is 0 Å².